The van der Waals surface area contributed by atoms with Gasteiger partial charge in [0.15, 0.2) is 6.61 Å². The molecular weight excluding hydrogens is 272 g/mol. The van der Waals surface area contributed by atoms with Crippen LogP contribution in [0.5, 0.6) is 5.75 Å². The Morgan fingerprint density at radius 3 is 2.65 bits per heavy atom. The molecule has 0 aliphatic heterocycles. The minimum Gasteiger partial charge on any atom is -0.484 e. The Balaban J connectivity index is 2.46. The maximum atomic E-state index is 10.9. The third-order valence-corrected chi connectivity index (χ3v) is 3.16. The van der Waals surface area contributed by atoms with Crippen LogP contribution >= 0.6 is 11.6 Å². The largest absolute Gasteiger partial charge is 0.484 e. The molecule has 0 unspecified atom stereocenters. The van der Waals surface area contributed by atoms with E-state index < -0.39 is 5.24 Å². The average molecular weight is 289 g/mol. The van der Waals surface area contributed by atoms with Crippen molar-refractivity contribution in [2.75, 3.05) is 6.61 Å². The molecule has 2 aromatic rings. The Morgan fingerprint density at radius 1 is 1.20 bits per heavy atom. The molecule has 0 N–H and O–H groups in total. The fraction of sp³-hybridized carbons (Fsp3) is 0.235. The van der Waals surface area contributed by atoms with E-state index >= 15 is 0 Å². The number of allylic oxidation sites excluding steroid dienone is 2. The number of hydrogen-bond donors (Lipinski definition) is 0. The number of ether oxygens (including phenoxy) is 1. The van der Waals surface area contributed by atoms with Crippen molar-refractivity contribution in [1.29, 1.82) is 0 Å². The predicted octanol–water partition coefficient (Wildman–Crippen LogP) is 4.49. The molecule has 3 heteroatoms. The van der Waals surface area contributed by atoms with Crippen molar-refractivity contribution in [3.05, 3.63) is 53.6 Å². The second kappa shape index (κ2) is 6.58. The number of rotatable bonds is 5. The van der Waals surface area contributed by atoms with Gasteiger partial charge in [-0.05, 0) is 48.7 Å². The zero-order valence-electron chi connectivity index (χ0n) is 11.7. The number of halogens is 1. The van der Waals surface area contributed by atoms with Gasteiger partial charge in [0.25, 0.3) is 5.24 Å². The third kappa shape index (κ3) is 3.61. The third-order valence-electron chi connectivity index (χ3n) is 3.05. The van der Waals surface area contributed by atoms with E-state index in [1.54, 1.807) is 0 Å². The molecule has 0 radical (unpaired) electrons. The number of fused-ring (bicyclic) bond motifs is 1. The fourth-order valence-corrected chi connectivity index (χ4v) is 2.16. The van der Waals surface area contributed by atoms with Gasteiger partial charge in [-0.1, -0.05) is 42.0 Å². The zero-order chi connectivity index (χ0) is 14.5. The molecule has 104 valence electrons. The summed E-state index contributed by atoms with van der Waals surface area (Å²) in [6, 6.07) is 12.0. The molecule has 0 bridgehead atoms. The van der Waals surface area contributed by atoms with Gasteiger partial charge in [-0.25, -0.2) is 0 Å². The number of benzene rings is 2. The van der Waals surface area contributed by atoms with Crippen LogP contribution in [0.3, 0.4) is 0 Å². The second-order valence-corrected chi connectivity index (χ2v) is 5.31. The summed E-state index contributed by atoms with van der Waals surface area (Å²) in [5.74, 6) is 0.718. The van der Waals surface area contributed by atoms with Crippen molar-refractivity contribution in [3.8, 4) is 5.75 Å². The molecule has 0 saturated heterocycles. The monoisotopic (exact) mass is 288 g/mol. The van der Waals surface area contributed by atoms with Crippen LogP contribution in [0.2, 0.25) is 0 Å². The lowest BCUT2D eigenvalue weighted by atomic mass is 10.00. The summed E-state index contributed by atoms with van der Waals surface area (Å²) in [5.41, 5.74) is 2.33. The van der Waals surface area contributed by atoms with E-state index in [2.05, 4.69) is 32.1 Å². The molecule has 2 aromatic carbocycles. The van der Waals surface area contributed by atoms with Crippen LogP contribution in [0.4, 0.5) is 0 Å². The Labute approximate surface area is 124 Å². The van der Waals surface area contributed by atoms with Crippen molar-refractivity contribution in [3.63, 3.8) is 0 Å². The van der Waals surface area contributed by atoms with Crippen LogP contribution in [-0.4, -0.2) is 11.8 Å². The van der Waals surface area contributed by atoms with Crippen LogP contribution in [0.1, 0.15) is 19.4 Å². The van der Waals surface area contributed by atoms with Crippen molar-refractivity contribution < 1.29 is 9.53 Å². The van der Waals surface area contributed by atoms with Crippen LogP contribution in [0, 0.1) is 0 Å². The van der Waals surface area contributed by atoms with Gasteiger partial charge in [-0.3, -0.25) is 4.79 Å². The van der Waals surface area contributed by atoms with Crippen LogP contribution in [0.25, 0.3) is 10.8 Å². The molecular formula is C17H17ClO2. The summed E-state index contributed by atoms with van der Waals surface area (Å²) < 4.78 is 5.53. The average Bonchev–Trinajstić information content (AvgIpc) is 2.42. The molecule has 2 nitrogen and oxygen atoms in total. The highest BCUT2D eigenvalue weighted by Crippen LogP contribution is 2.29. The molecule has 20 heavy (non-hydrogen) atoms. The topological polar surface area (TPSA) is 26.3 Å². The Bertz CT molecular complexity index is 655. The maximum absolute atomic E-state index is 10.9. The van der Waals surface area contributed by atoms with Crippen molar-refractivity contribution in [1.82, 2.24) is 0 Å². The molecule has 0 saturated carbocycles. The first-order chi connectivity index (χ1) is 9.58. The molecule has 0 heterocycles. The van der Waals surface area contributed by atoms with E-state index in [1.807, 2.05) is 24.3 Å². The molecule has 0 atom stereocenters. The summed E-state index contributed by atoms with van der Waals surface area (Å²) >= 11 is 5.35. The Hall–Kier alpha value is -1.80. The molecule has 0 aliphatic rings. The SMILES string of the molecule is CC(C)=CCc1c(OCC(=O)Cl)ccc2ccccc12. The maximum Gasteiger partial charge on any atom is 0.259 e. The smallest absolute Gasteiger partial charge is 0.259 e. The predicted molar refractivity (Wildman–Crippen MR) is 83.4 cm³/mol. The molecule has 0 aliphatic carbocycles. The Kier molecular flexibility index (Phi) is 4.80. The van der Waals surface area contributed by atoms with Crippen molar-refractivity contribution in [2.45, 2.75) is 20.3 Å². The minimum absolute atomic E-state index is 0.109. The van der Waals surface area contributed by atoms with E-state index in [0.717, 1.165) is 28.5 Å². The van der Waals surface area contributed by atoms with Gasteiger partial charge >= 0.3 is 0 Å². The van der Waals surface area contributed by atoms with Gasteiger partial charge in [0.05, 0.1) is 0 Å². The van der Waals surface area contributed by atoms with Crippen LogP contribution < -0.4 is 4.74 Å². The first kappa shape index (κ1) is 14.6. The van der Waals surface area contributed by atoms with Crippen LogP contribution in [0.15, 0.2) is 48.0 Å². The highest BCUT2D eigenvalue weighted by Gasteiger charge is 2.09. The van der Waals surface area contributed by atoms with E-state index in [0.29, 0.717) is 0 Å². The highest BCUT2D eigenvalue weighted by atomic mass is 35.5. The van der Waals surface area contributed by atoms with E-state index in [-0.39, 0.29) is 6.61 Å². The van der Waals surface area contributed by atoms with Gasteiger partial charge in [-0.15, -0.1) is 0 Å². The van der Waals surface area contributed by atoms with Crippen molar-refractivity contribution in [2.24, 2.45) is 0 Å². The molecule has 0 spiro atoms. The molecule has 0 aromatic heterocycles. The van der Waals surface area contributed by atoms with Crippen LogP contribution in [-0.2, 0) is 11.2 Å². The van der Waals surface area contributed by atoms with E-state index in [9.17, 15) is 4.79 Å². The van der Waals surface area contributed by atoms with Gasteiger partial charge in [0, 0.05) is 5.56 Å². The van der Waals surface area contributed by atoms with Gasteiger partial charge in [0.1, 0.15) is 5.75 Å². The van der Waals surface area contributed by atoms with Crippen molar-refractivity contribution >= 4 is 27.6 Å². The first-order valence-electron chi connectivity index (χ1n) is 6.53. The van der Waals surface area contributed by atoms with Gasteiger partial charge < -0.3 is 4.74 Å². The highest BCUT2D eigenvalue weighted by molar-refractivity contribution is 6.63. The van der Waals surface area contributed by atoms with Gasteiger partial charge in [0.2, 0.25) is 0 Å². The van der Waals surface area contributed by atoms with E-state index in [4.69, 9.17) is 16.3 Å². The lowest BCUT2D eigenvalue weighted by Gasteiger charge is -2.12. The Morgan fingerprint density at radius 2 is 1.95 bits per heavy atom. The second-order valence-electron chi connectivity index (χ2n) is 4.89. The molecule has 0 fully saturated rings. The lowest BCUT2D eigenvalue weighted by Crippen LogP contribution is -2.06. The standard InChI is InChI=1S/C17H17ClO2/c1-12(2)7-9-15-14-6-4-3-5-13(14)8-10-16(15)20-11-17(18)19/h3-8,10H,9,11H2,1-2H3. The summed E-state index contributed by atoms with van der Waals surface area (Å²) in [6.45, 7) is 4.02. The molecule has 0 amide bonds. The normalized spacial score (nSPS) is 10.3. The van der Waals surface area contributed by atoms with E-state index in [1.165, 1.54) is 5.57 Å². The fourth-order valence-electron chi connectivity index (χ4n) is 2.10. The quantitative estimate of drug-likeness (QED) is 0.598. The zero-order valence-corrected chi connectivity index (χ0v) is 12.4. The summed E-state index contributed by atoms with van der Waals surface area (Å²) in [4.78, 5) is 10.9. The summed E-state index contributed by atoms with van der Waals surface area (Å²) in [7, 11) is 0. The number of carbonyl (C=O) groups is 1. The number of hydrogen-bond acceptors (Lipinski definition) is 2. The lowest BCUT2D eigenvalue weighted by molar-refractivity contribution is -0.113. The minimum atomic E-state index is -0.494. The summed E-state index contributed by atoms with van der Waals surface area (Å²) in [6.07, 6.45) is 2.92. The van der Waals surface area contributed by atoms with Gasteiger partial charge in [-0.2, -0.15) is 0 Å². The first-order valence-corrected chi connectivity index (χ1v) is 6.91. The molecule has 2 rings (SSSR count). The summed E-state index contributed by atoms with van der Waals surface area (Å²) in [5, 5.41) is 1.81. The number of carbonyl (C=O) groups excluding carboxylic acids is 1.